The molecule has 140 valence electrons. The Balaban J connectivity index is 1.59. The van der Waals surface area contributed by atoms with E-state index in [1.807, 2.05) is 37.3 Å². The molecule has 1 aliphatic rings. The summed E-state index contributed by atoms with van der Waals surface area (Å²) < 4.78 is 5.08. The molecule has 1 heterocycles. The minimum absolute atomic E-state index is 0.0598. The first kappa shape index (κ1) is 18.6. The Hall–Kier alpha value is -3.15. The van der Waals surface area contributed by atoms with Gasteiger partial charge in [0.2, 0.25) is 11.8 Å². The van der Waals surface area contributed by atoms with Crippen molar-refractivity contribution in [2.75, 3.05) is 23.4 Å². The van der Waals surface area contributed by atoms with Crippen LogP contribution in [-0.4, -0.2) is 30.9 Å². The SMILES string of the molecule is CCCOC(=O)c1ccc(NC(=O)C2CC(=O)N(c3ccccc3)C2)cc1. The Morgan fingerprint density at radius 3 is 2.48 bits per heavy atom. The third-order valence-corrected chi connectivity index (χ3v) is 4.39. The number of carbonyl (C=O) groups is 3. The molecule has 0 aromatic heterocycles. The summed E-state index contributed by atoms with van der Waals surface area (Å²) in [6.45, 7) is 2.67. The molecule has 0 bridgehead atoms. The molecule has 2 aromatic carbocycles. The third kappa shape index (κ3) is 4.53. The second kappa shape index (κ2) is 8.49. The number of rotatable bonds is 6. The Labute approximate surface area is 158 Å². The lowest BCUT2D eigenvalue weighted by molar-refractivity contribution is -0.122. The van der Waals surface area contributed by atoms with E-state index in [2.05, 4.69) is 5.32 Å². The maximum atomic E-state index is 12.5. The number of esters is 1. The van der Waals surface area contributed by atoms with E-state index in [-0.39, 0.29) is 24.2 Å². The zero-order chi connectivity index (χ0) is 19.2. The molecule has 0 spiro atoms. The molecular weight excluding hydrogens is 344 g/mol. The number of nitrogens with one attached hydrogen (secondary N) is 1. The van der Waals surface area contributed by atoms with Crippen LogP contribution in [-0.2, 0) is 14.3 Å². The molecule has 1 fully saturated rings. The molecule has 27 heavy (non-hydrogen) atoms. The lowest BCUT2D eigenvalue weighted by Gasteiger charge is -2.16. The van der Waals surface area contributed by atoms with Crippen LogP contribution in [0.3, 0.4) is 0 Å². The summed E-state index contributed by atoms with van der Waals surface area (Å²) in [5, 5.41) is 2.82. The number of carbonyl (C=O) groups excluding carboxylic acids is 3. The maximum Gasteiger partial charge on any atom is 0.338 e. The van der Waals surface area contributed by atoms with E-state index in [1.165, 1.54) is 0 Å². The van der Waals surface area contributed by atoms with Gasteiger partial charge in [0.1, 0.15) is 0 Å². The molecule has 0 saturated carbocycles. The number of hydrogen-bond acceptors (Lipinski definition) is 4. The van der Waals surface area contributed by atoms with Gasteiger partial charge in [-0.1, -0.05) is 25.1 Å². The van der Waals surface area contributed by atoms with E-state index < -0.39 is 5.92 Å². The van der Waals surface area contributed by atoms with Crippen LogP contribution in [0.4, 0.5) is 11.4 Å². The fourth-order valence-electron chi connectivity index (χ4n) is 2.95. The van der Waals surface area contributed by atoms with Crippen molar-refractivity contribution in [3.8, 4) is 0 Å². The van der Waals surface area contributed by atoms with Gasteiger partial charge in [0, 0.05) is 24.3 Å². The standard InChI is InChI=1S/C21H22N2O4/c1-2-12-27-21(26)15-8-10-17(11-9-15)22-20(25)16-13-19(24)23(14-16)18-6-4-3-5-7-18/h3-11,16H,2,12-14H2,1H3,(H,22,25). The fraction of sp³-hybridized carbons (Fsp3) is 0.286. The van der Waals surface area contributed by atoms with Crippen molar-refractivity contribution in [1.82, 2.24) is 0 Å². The number of anilines is 2. The third-order valence-electron chi connectivity index (χ3n) is 4.39. The first-order valence-corrected chi connectivity index (χ1v) is 9.02. The highest BCUT2D eigenvalue weighted by molar-refractivity contribution is 6.03. The van der Waals surface area contributed by atoms with Crippen molar-refractivity contribution in [3.63, 3.8) is 0 Å². The van der Waals surface area contributed by atoms with Crippen LogP contribution >= 0.6 is 0 Å². The van der Waals surface area contributed by atoms with Gasteiger partial charge in [0.25, 0.3) is 0 Å². The summed E-state index contributed by atoms with van der Waals surface area (Å²) in [5.74, 6) is -1.06. The molecule has 1 N–H and O–H groups in total. The monoisotopic (exact) mass is 366 g/mol. The Bertz CT molecular complexity index is 818. The molecule has 3 rings (SSSR count). The average Bonchev–Trinajstić information content (AvgIpc) is 3.09. The van der Waals surface area contributed by atoms with Gasteiger partial charge in [-0.05, 0) is 42.8 Å². The van der Waals surface area contributed by atoms with Gasteiger partial charge < -0.3 is 15.0 Å². The minimum Gasteiger partial charge on any atom is -0.462 e. The molecule has 1 aliphatic heterocycles. The zero-order valence-electron chi connectivity index (χ0n) is 15.2. The molecule has 1 atom stereocenters. The van der Waals surface area contributed by atoms with Gasteiger partial charge in [-0.15, -0.1) is 0 Å². The number of para-hydroxylation sites is 1. The summed E-state index contributed by atoms with van der Waals surface area (Å²) in [6.07, 6.45) is 0.947. The highest BCUT2D eigenvalue weighted by Gasteiger charge is 2.35. The Morgan fingerprint density at radius 1 is 1.11 bits per heavy atom. The van der Waals surface area contributed by atoms with Crippen molar-refractivity contribution in [1.29, 1.82) is 0 Å². The highest BCUT2D eigenvalue weighted by atomic mass is 16.5. The summed E-state index contributed by atoms with van der Waals surface area (Å²) in [5.41, 5.74) is 1.82. The van der Waals surface area contributed by atoms with Crippen molar-refractivity contribution in [3.05, 3.63) is 60.2 Å². The minimum atomic E-state index is -0.410. The first-order valence-electron chi connectivity index (χ1n) is 9.02. The van der Waals surface area contributed by atoms with Crippen molar-refractivity contribution in [2.45, 2.75) is 19.8 Å². The number of ether oxygens (including phenoxy) is 1. The van der Waals surface area contributed by atoms with Gasteiger partial charge in [0.05, 0.1) is 18.1 Å². The van der Waals surface area contributed by atoms with Crippen LogP contribution in [0.25, 0.3) is 0 Å². The predicted molar refractivity (Wildman–Crippen MR) is 103 cm³/mol. The summed E-state index contributed by atoms with van der Waals surface area (Å²) >= 11 is 0. The number of nitrogens with zero attached hydrogens (tertiary/aromatic N) is 1. The number of benzene rings is 2. The molecule has 2 amide bonds. The smallest absolute Gasteiger partial charge is 0.338 e. The van der Waals surface area contributed by atoms with Crippen LogP contribution in [0.2, 0.25) is 0 Å². The Morgan fingerprint density at radius 2 is 1.81 bits per heavy atom. The van der Waals surface area contributed by atoms with E-state index in [9.17, 15) is 14.4 Å². The average molecular weight is 366 g/mol. The van der Waals surface area contributed by atoms with Crippen molar-refractivity contribution in [2.24, 2.45) is 5.92 Å². The summed E-state index contributed by atoms with van der Waals surface area (Å²) in [7, 11) is 0. The van der Waals surface area contributed by atoms with Gasteiger partial charge in [0.15, 0.2) is 0 Å². The largest absolute Gasteiger partial charge is 0.462 e. The number of hydrogen-bond donors (Lipinski definition) is 1. The van der Waals surface area contributed by atoms with Gasteiger partial charge in [-0.2, -0.15) is 0 Å². The van der Waals surface area contributed by atoms with Gasteiger partial charge >= 0.3 is 5.97 Å². The van der Waals surface area contributed by atoms with Crippen molar-refractivity contribution < 1.29 is 19.1 Å². The van der Waals surface area contributed by atoms with E-state index in [0.717, 1.165) is 12.1 Å². The second-order valence-electron chi connectivity index (χ2n) is 6.44. The predicted octanol–water partition coefficient (Wildman–Crippen LogP) is 3.25. The fourth-order valence-corrected chi connectivity index (χ4v) is 2.95. The maximum absolute atomic E-state index is 12.5. The molecule has 0 radical (unpaired) electrons. The van der Waals surface area contributed by atoms with Crippen LogP contribution in [0.5, 0.6) is 0 Å². The molecular formula is C21H22N2O4. The van der Waals surface area contributed by atoms with E-state index in [1.54, 1.807) is 29.2 Å². The molecule has 1 unspecified atom stereocenters. The molecule has 6 nitrogen and oxygen atoms in total. The Kier molecular flexibility index (Phi) is 5.86. The van der Waals surface area contributed by atoms with Gasteiger partial charge in [-0.25, -0.2) is 4.79 Å². The topological polar surface area (TPSA) is 75.7 Å². The van der Waals surface area contributed by atoms with Crippen LogP contribution < -0.4 is 10.2 Å². The highest BCUT2D eigenvalue weighted by Crippen LogP contribution is 2.25. The molecule has 6 heteroatoms. The second-order valence-corrected chi connectivity index (χ2v) is 6.44. The lowest BCUT2D eigenvalue weighted by Crippen LogP contribution is -2.28. The first-order chi connectivity index (χ1) is 13.1. The van der Waals surface area contributed by atoms with E-state index in [4.69, 9.17) is 4.74 Å². The van der Waals surface area contributed by atoms with Crippen LogP contribution in [0.1, 0.15) is 30.1 Å². The van der Waals surface area contributed by atoms with Gasteiger partial charge in [-0.3, -0.25) is 9.59 Å². The van der Waals surface area contributed by atoms with E-state index in [0.29, 0.717) is 24.4 Å². The normalized spacial score (nSPS) is 16.3. The van der Waals surface area contributed by atoms with Crippen molar-refractivity contribution >= 4 is 29.2 Å². The summed E-state index contributed by atoms with van der Waals surface area (Å²) in [6, 6.07) is 15.9. The molecule has 2 aromatic rings. The van der Waals surface area contributed by atoms with E-state index >= 15 is 0 Å². The number of amides is 2. The molecule has 1 saturated heterocycles. The zero-order valence-corrected chi connectivity index (χ0v) is 15.2. The quantitative estimate of drug-likeness (QED) is 0.797. The van der Waals surface area contributed by atoms with Crippen LogP contribution in [0.15, 0.2) is 54.6 Å². The lowest BCUT2D eigenvalue weighted by atomic mass is 10.1. The van der Waals surface area contributed by atoms with Crippen LogP contribution in [0, 0.1) is 5.92 Å². The molecule has 0 aliphatic carbocycles. The summed E-state index contributed by atoms with van der Waals surface area (Å²) in [4.78, 5) is 38.2.